The van der Waals surface area contributed by atoms with Crippen molar-refractivity contribution < 1.29 is 22.7 Å². The van der Waals surface area contributed by atoms with Crippen molar-refractivity contribution in [2.24, 2.45) is 0 Å². The van der Waals surface area contributed by atoms with E-state index in [1.54, 1.807) is 27.7 Å². The predicted octanol–water partition coefficient (Wildman–Crippen LogP) is 3.55. The first-order valence-corrected chi connectivity index (χ1v) is 7.56. The molecule has 0 radical (unpaired) electrons. The summed E-state index contributed by atoms with van der Waals surface area (Å²) < 4.78 is 42.7. The molecule has 1 rings (SSSR count). The molecule has 1 atom stereocenters. The molecular formula is C15H23F3N4O2. The molecule has 0 spiro atoms. The molecule has 6 nitrogen and oxygen atoms in total. The lowest BCUT2D eigenvalue weighted by molar-refractivity contribution is -0.138. The van der Waals surface area contributed by atoms with Gasteiger partial charge in [0.05, 0.1) is 5.56 Å². The van der Waals surface area contributed by atoms with Gasteiger partial charge in [0.15, 0.2) is 0 Å². The van der Waals surface area contributed by atoms with Crippen LogP contribution in [0.15, 0.2) is 12.4 Å². The number of carbonyl (C=O) groups is 1. The Labute approximate surface area is 139 Å². The lowest BCUT2D eigenvalue weighted by Gasteiger charge is -2.31. The molecule has 1 N–H and O–H groups in total. The quantitative estimate of drug-likeness (QED) is 0.881. The standard InChI is InChI=1S/C15H23F3N4O2/c1-6-22(13(23)24-14(3,4)5)10(2)7-19-12-20-8-11(9-21-12)15(16,17)18/h8-10H,6-7H2,1-5H3,(H,19,20,21)/t10-/m0/s1. The number of amides is 1. The number of likely N-dealkylation sites (N-methyl/N-ethyl adjacent to an activating group) is 1. The average Bonchev–Trinajstić information content (AvgIpc) is 2.43. The van der Waals surface area contributed by atoms with E-state index in [-0.39, 0.29) is 18.5 Å². The smallest absolute Gasteiger partial charge is 0.419 e. The molecule has 0 aromatic carbocycles. The summed E-state index contributed by atoms with van der Waals surface area (Å²) in [5.74, 6) is 0.0649. The molecule has 1 heterocycles. The monoisotopic (exact) mass is 348 g/mol. The number of hydrogen-bond donors (Lipinski definition) is 1. The third-order valence-corrected chi connectivity index (χ3v) is 3.04. The fourth-order valence-corrected chi connectivity index (χ4v) is 1.86. The third-order valence-electron chi connectivity index (χ3n) is 3.04. The van der Waals surface area contributed by atoms with E-state index in [0.717, 1.165) is 0 Å². The van der Waals surface area contributed by atoms with E-state index >= 15 is 0 Å². The SMILES string of the molecule is CCN(C(=O)OC(C)(C)C)[C@@H](C)CNc1ncc(C(F)(F)F)cn1. The van der Waals surface area contributed by atoms with Gasteiger partial charge in [-0.2, -0.15) is 13.2 Å². The number of ether oxygens (including phenoxy) is 1. The van der Waals surface area contributed by atoms with Crippen LogP contribution in [0.3, 0.4) is 0 Å². The van der Waals surface area contributed by atoms with Crippen LogP contribution in [0.2, 0.25) is 0 Å². The van der Waals surface area contributed by atoms with Gasteiger partial charge in [-0.25, -0.2) is 14.8 Å². The Morgan fingerprint density at radius 1 is 1.29 bits per heavy atom. The molecule has 1 aromatic heterocycles. The highest BCUT2D eigenvalue weighted by molar-refractivity contribution is 5.68. The van der Waals surface area contributed by atoms with E-state index in [4.69, 9.17) is 4.74 Å². The Hall–Kier alpha value is -2.06. The fourth-order valence-electron chi connectivity index (χ4n) is 1.86. The molecule has 0 saturated carbocycles. The first kappa shape index (κ1) is 20.0. The third kappa shape index (κ3) is 6.21. The Kier molecular flexibility index (Phi) is 6.39. The second-order valence-corrected chi connectivity index (χ2v) is 6.29. The summed E-state index contributed by atoms with van der Waals surface area (Å²) in [5.41, 5.74) is -1.51. The van der Waals surface area contributed by atoms with Gasteiger partial charge in [-0.15, -0.1) is 0 Å². The molecule has 24 heavy (non-hydrogen) atoms. The summed E-state index contributed by atoms with van der Waals surface area (Å²) in [5, 5.41) is 2.82. The summed E-state index contributed by atoms with van der Waals surface area (Å²) in [6.45, 7) is 9.65. The summed E-state index contributed by atoms with van der Waals surface area (Å²) in [4.78, 5) is 20.9. The number of nitrogens with one attached hydrogen (secondary N) is 1. The molecule has 0 saturated heterocycles. The van der Waals surface area contributed by atoms with Crippen molar-refractivity contribution in [1.29, 1.82) is 0 Å². The minimum absolute atomic E-state index is 0.0649. The summed E-state index contributed by atoms with van der Waals surface area (Å²) >= 11 is 0. The van der Waals surface area contributed by atoms with E-state index in [1.807, 2.05) is 6.92 Å². The highest BCUT2D eigenvalue weighted by Crippen LogP contribution is 2.28. The van der Waals surface area contributed by atoms with Crippen molar-refractivity contribution in [3.63, 3.8) is 0 Å². The lowest BCUT2D eigenvalue weighted by atomic mass is 10.2. The van der Waals surface area contributed by atoms with Crippen LogP contribution in [-0.2, 0) is 10.9 Å². The number of hydrogen-bond acceptors (Lipinski definition) is 5. The normalized spacial score (nSPS) is 13.3. The number of halogens is 3. The molecule has 136 valence electrons. The number of nitrogens with zero attached hydrogens (tertiary/aromatic N) is 3. The van der Waals surface area contributed by atoms with Crippen LogP contribution < -0.4 is 5.32 Å². The maximum Gasteiger partial charge on any atom is 0.419 e. The Morgan fingerprint density at radius 3 is 2.25 bits per heavy atom. The van der Waals surface area contributed by atoms with Gasteiger partial charge in [-0.05, 0) is 34.6 Å². The van der Waals surface area contributed by atoms with E-state index in [2.05, 4.69) is 15.3 Å². The number of rotatable bonds is 5. The van der Waals surface area contributed by atoms with Crippen LogP contribution in [0.5, 0.6) is 0 Å². The van der Waals surface area contributed by atoms with Crippen molar-refractivity contribution >= 4 is 12.0 Å². The molecule has 9 heteroatoms. The Balaban J connectivity index is 2.63. The van der Waals surface area contributed by atoms with Gasteiger partial charge in [-0.1, -0.05) is 0 Å². The molecule has 0 aliphatic heterocycles. The minimum atomic E-state index is -4.47. The van der Waals surface area contributed by atoms with Crippen molar-refractivity contribution in [1.82, 2.24) is 14.9 Å². The van der Waals surface area contributed by atoms with Gasteiger partial charge in [-0.3, -0.25) is 0 Å². The summed E-state index contributed by atoms with van der Waals surface area (Å²) in [7, 11) is 0. The molecule has 0 aliphatic carbocycles. The zero-order chi connectivity index (χ0) is 18.5. The van der Waals surface area contributed by atoms with Gasteiger partial charge < -0.3 is 15.0 Å². The van der Waals surface area contributed by atoms with Gasteiger partial charge >= 0.3 is 12.3 Å². The van der Waals surface area contributed by atoms with Gasteiger partial charge in [0, 0.05) is 31.5 Å². The van der Waals surface area contributed by atoms with Crippen LogP contribution >= 0.6 is 0 Å². The van der Waals surface area contributed by atoms with Gasteiger partial charge in [0.2, 0.25) is 5.95 Å². The van der Waals surface area contributed by atoms with Gasteiger partial charge in [0.25, 0.3) is 0 Å². The molecule has 0 bridgehead atoms. The molecule has 0 unspecified atom stereocenters. The van der Waals surface area contributed by atoms with Crippen molar-refractivity contribution in [2.75, 3.05) is 18.4 Å². The molecule has 1 amide bonds. The predicted molar refractivity (Wildman–Crippen MR) is 83.6 cm³/mol. The molecule has 0 fully saturated rings. The number of alkyl halides is 3. The number of carbonyl (C=O) groups excluding carboxylic acids is 1. The number of anilines is 1. The maximum absolute atomic E-state index is 12.5. The van der Waals surface area contributed by atoms with Crippen molar-refractivity contribution in [3.05, 3.63) is 18.0 Å². The van der Waals surface area contributed by atoms with Crippen LogP contribution in [0.1, 0.15) is 40.2 Å². The van der Waals surface area contributed by atoms with Gasteiger partial charge in [0.1, 0.15) is 5.60 Å². The van der Waals surface area contributed by atoms with Crippen LogP contribution in [0.4, 0.5) is 23.9 Å². The van der Waals surface area contributed by atoms with E-state index in [1.165, 1.54) is 4.90 Å². The lowest BCUT2D eigenvalue weighted by Crippen LogP contribution is -2.44. The Morgan fingerprint density at radius 2 is 1.83 bits per heavy atom. The summed E-state index contributed by atoms with van der Waals surface area (Å²) in [6, 6.07) is -0.254. The highest BCUT2D eigenvalue weighted by atomic mass is 19.4. The second kappa shape index (κ2) is 7.67. The first-order valence-electron chi connectivity index (χ1n) is 7.56. The topological polar surface area (TPSA) is 67.3 Å². The number of aromatic nitrogens is 2. The molecule has 1 aromatic rings. The van der Waals surface area contributed by atoms with Crippen LogP contribution in [-0.4, -0.2) is 45.7 Å². The maximum atomic E-state index is 12.5. The zero-order valence-corrected chi connectivity index (χ0v) is 14.4. The van der Waals surface area contributed by atoms with Crippen molar-refractivity contribution in [2.45, 2.75) is 52.4 Å². The Bertz CT molecular complexity index is 541. The van der Waals surface area contributed by atoms with Crippen LogP contribution in [0, 0.1) is 0 Å². The largest absolute Gasteiger partial charge is 0.444 e. The van der Waals surface area contributed by atoms with Crippen molar-refractivity contribution in [3.8, 4) is 0 Å². The van der Waals surface area contributed by atoms with E-state index in [0.29, 0.717) is 18.9 Å². The zero-order valence-electron chi connectivity index (χ0n) is 14.4. The minimum Gasteiger partial charge on any atom is -0.444 e. The molecular weight excluding hydrogens is 325 g/mol. The van der Waals surface area contributed by atoms with Crippen LogP contribution in [0.25, 0.3) is 0 Å². The summed E-state index contributed by atoms with van der Waals surface area (Å²) in [6.07, 6.45) is -3.49. The van der Waals surface area contributed by atoms with E-state index in [9.17, 15) is 18.0 Å². The van der Waals surface area contributed by atoms with E-state index < -0.39 is 23.4 Å². The first-order chi connectivity index (χ1) is 10.9. The molecule has 0 aliphatic rings. The average molecular weight is 348 g/mol. The highest BCUT2D eigenvalue weighted by Gasteiger charge is 2.31. The second-order valence-electron chi connectivity index (χ2n) is 6.29. The fraction of sp³-hybridized carbons (Fsp3) is 0.667.